The topological polar surface area (TPSA) is 131 Å². The average molecular weight is 641 g/mol. The molecule has 2 saturated carbocycles. The van der Waals surface area contributed by atoms with Crippen LogP contribution in [0, 0.1) is 0 Å². The smallest absolute Gasteiger partial charge is 0.434 e. The van der Waals surface area contributed by atoms with Crippen molar-refractivity contribution in [2.45, 2.75) is 50.4 Å². The Kier molecular flexibility index (Phi) is 6.66. The van der Waals surface area contributed by atoms with Crippen molar-refractivity contribution in [3.63, 3.8) is 0 Å². The molecule has 0 radical (unpaired) electrons. The van der Waals surface area contributed by atoms with Crippen LogP contribution in [0.5, 0.6) is 5.88 Å². The van der Waals surface area contributed by atoms with Crippen LogP contribution in [0.2, 0.25) is 0 Å². The number of ether oxygens (including phenoxy) is 1. The van der Waals surface area contributed by atoms with Crippen LogP contribution in [0.1, 0.15) is 54.6 Å². The van der Waals surface area contributed by atoms with Crippen LogP contribution in [-0.4, -0.2) is 55.9 Å². The average Bonchev–Trinajstić information content (AvgIpc) is 4.01. The van der Waals surface area contributed by atoms with Crippen LogP contribution in [0.4, 0.5) is 13.2 Å². The van der Waals surface area contributed by atoms with Crippen LogP contribution in [-0.2, 0) is 19.8 Å². The number of aryl methyl sites for hydroxylation is 1. The molecular formula is C32H27F3N10O2. The number of methoxy groups -OCH3 is 1. The van der Waals surface area contributed by atoms with E-state index in [1.807, 2.05) is 0 Å². The van der Waals surface area contributed by atoms with Gasteiger partial charge in [0.2, 0.25) is 5.88 Å². The Morgan fingerprint density at radius 1 is 0.957 bits per heavy atom. The number of rotatable bonds is 8. The van der Waals surface area contributed by atoms with E-state index in [9.17, 15) is 18.0 Å². The fourth-order valence-electron chi connectivity index (χ4n) is 5.86. The van der Waals surface area contributed by atoms with E-state index >= 15 is 0 Å². The van der Waals surface area contributed by atoms with Crippen molar-refractivity contribution in [3.8, 4) is 40.0 Å². The number of benzene rings is 1. The van der Waals surface area contributed by atoms with Crippen LogP contribution < -0.4 is 10.3 Å². The summed E-state index contributed by atoms with van der Waals surface area (Å²) in [7, 11) is 3.22. The van der Waals surface area contributed by atoms with Gasteiger partial charge in [-0.1, -0.05) is 24.3 Å². The van der Waals surface area contributed by atoms with E-state index in [2.05, 4.69) is 30.0 Å². The summed E-state index contributed by atoms with van der Waals surface area (Å²) in [6, 6.07) is 8.72. The minimum atomic E-state index is -4.54. The number of aromatic nitrogens is 10. The normalized spacial score (nSPS) is 15.0. The summed E-state index contributed by atoms with van der Waals surface area (Å²) < 4.78 is 50.8. The molecule has 5 aromatic heterocycles. The van der Waals surface area contributed by atoms with Crippen LogP contribution >= 0.6 is 0 Å². The van der Waals surface area contributed by atoms with Gasteiger partial charge in [0.15, 0.2) is 17.3 Å². The number of fused-ring (bicyclic) bond motifs is 1. The molecular weight excluding hydrogens is 613 g/mol. The van der Waals surface area contributed by atoms with E-state index in [-0.39, 0.29) is 29.9 Å². The molecule has 0 bridgehead atoms. The molecule has 2 aliphatic rings. The number of pyridine rings is 1. The van der Waals surface area contributed by atoms with Gasteiger partial charge in [0.25, 0.3) is 5.56 Å². The maximum Gasteiger partial charge on any atom is 0.434 e. The van der Waals surface area contributed by atoms with Crippen molar-refractivity contribution in [2.75, 3.05) is 7.11 Å². The molecule has 2 aliphatic carbocycles. The Bertz CT molecular complexity index is 2210. The van der Waals surface area contributed by atoms with E-state index in [1.54, 1.807) is 52.7 Å². The molecule has 0 N–H and O–H groups in total. The zero-order chi connectivity index (χ0) is 32.4. The molecule has 0 atom stereocenters. The highest BCUT2D eigenvalue weighted by Gasteiger charge is 2.37. The lowest BCUT2D eigenvalue weighted by atomic mass is 10.1. The standard InChI is InChI=1S/C32H27F3N10O2/c1-43-29(38-16-40-43)22-11-20-12-36-26(24-25(18-7-8-18)37-15-39-30(24)47-2)42-28(20)45(31(22)46)13-17-3-5-19(6-4-17)27-41-23(32(33,34)35)14-44(27)21-9-10-21/h3-6,11-12,14-16,18,21H,7-10,13H2,1-2H3. The van der Waals surface area contributed by atoms with Crippen molar-refractivity contribution in [3.05, 3.63) is 82.7 Å². The van der Waals surface area contributed by atoms with Crippen LogP contribution in [0.25, 0.3) is 45.2 Å². The first-order valence-electron chi connectivity index (χ1n) is 15.1. The molecule has 0 amide bonds. The minimum Gasteiger partial charge on any atom is -0.480 e. The third-order valence-corrected chi connectivity index (χ3v) is 8.52. The number of halogens is 3. The highest BCUT2D eigenvalue weighted by molar-refractivity contribution is 5.82. The molecule has 0 spiro atoms. The van der Waals surface area contributed by atoms with E-state index in [4.69, 9.17) is 9.72 Å². The summed E-state index contributed by atoms with van der Waals surface area (Å²) in [6.07, 6.45) is 4.62. The second-order valence-electron chi connectivity index (χ2n) is 11.8. The van der Waals surface area contributed by atoms with Gasteiger partial charge in [-0.15, -0.1) is 0 Å². The maximum atomic E-state index is 14.2. The number of imidazole rings is 1. The van der Waals surface area contributed by atoms with Crippen molar-refractivity contribution in [2.24, 2.45) is 7.05 Å². The SMILES string of the molecule is COc1ncnc(C2CC2)c1-c1ncc2cc(-c3ncnn3C)c(=O)n(Cc3ccc(-c4nc(C(F)(F)F)cn4C4CC4)cc3)c2n1. The van der Waals surface area contributed by atoms with Gasteiger partial charge in [0.05, 0.1) is 24.9 Å². The zero-order valence-corrected chi connectivity index (χ0v) is 25.3. The molecule has 1 aromatic carbocycles. The summed E-state index contributed by atoms with van der Waals surface area (Å²) in [5, 5.41) is 4.73. The minimum absolute atomic E-state index is 0.00418. The zero-order valence-electron chi connectivity index (χ0n) is 25.3. The first-order valence-corrected chi connectivity index (χ1v) is 15.1. The van der Waals surface area contributed by atoms with Gasteiger partial charge in [-0.3, -0.25) is 9.36 Å². The second-order valence-corrected chi connectivity index (χ2v) is 11.8. The molecule has 0 saturated heterocycles. The lowest BCUT2D eigenvalue weighted by molar-refractivity contribution is -0.140. The third-order valence-electron chi connectivity index (χ3n) is 8.52. The molecule has 6 aromatic rings. The molecule has 12 nitrogen and oxygen atoms in total. The van der Waals surface area contributed by atoms with E-state index in [0.29, 0.717) is 45.3 Å². The predicted molar refractivity (Wildman–Crippen MR) is 163 cm³/mol. The monoisotopic (exact) mass is 640 g/mol. The van der Waals surface area contributed by atoms with Crippen molar-refractivity contribution < 1.29 is 17.9 Å². The van der Waals surface area contributed by atoms with Gasteiger partial charge < -0.3 is 9.30 Å². The Morgan fingerprint density at radius 2 is 1.74 bits per heavy atom. The van der Waals surface area contributed by atoms with Crippen molar-refractivity contribution >= 4 is 11.0 Å². The first-order chi connectivity index (χ1) is 22.7. The highest BCUT2D eigenvalue weighted by Crippen LogP contribution is 2.45. The van der Waals surface area contributed by atoms with Crippen LogP contribution in [0.3, 0.4) is 0 Å². The second kappa shape index (κ2) is 10.8. The van der Waals surface area contributed by atoms with Crippen LogP contribution in [0.15, 0.2) is 60.2 Å². The van der Waals surface area contributed by atoms with E-state index in [1.165, 1.54) is 24.4 Å². The Labute approximate surface area is 265 Å². The molecule has 47 heavy (non-hydrogen) atoms. The van der Waals surface area contributed by atoms with Gasteiger partial charge in [-0.2, -0.15) is 18.3 Å². The van der Waals surface area contributed by atoms with Gasteiger partial charge in [-0.25, -0.2) is 34.6 Å². The first kappa shape index (κ1) is 29.0. The molecule has 8 rings (SSSR count). The predicted octanol–water partition coefficient (Wildman–Crippen LogP) is 5.20. The summed E-state index contributed by atoms with van der Waals surface area (Å²) >= 11 is 0. The van der Waals surface area contributed by atoms with Gasteiger partial charge in [0, 0.05) is 42.4 Å². The van der Waals surface area contributed by atoms with Gasteiger partial charge >= 0.3 is 6.18 Å². The Hall–Kier alpha value is -5.47. The Balaban J connectivity index is 1.24. The molecule has 0 aliphatic heterocycles. The number of hydrogen-bond acceptors (Lipinski definition) is 9. The molecule has 2 fully saturated rings. The fourth-order valence-corrected chi connectivity index (χ4v) is 5.86. The lowest BCUT2D eigenvalue weighted by Gasteiger charge is -2.15. The summed E-state index contributed by atoms with van der Waals surface area (Å²) in [5.74, 6) is 1.58. The summed E-state index contributed by atoms with van der Waals surface area (Å²) in [4.78, 5) is 40.7. The molecule has 0 unspecified atom stereocenters. The molecule has 238 valence electrons. The van der Waals surface area contributed by atoms with Gasteiger partial charge in [-0.05, 0) is 37.3 Å². The van der Waals surface area contributed by atoms with E-state index in [0.717, 1.165) is 43.1 Å². The number of alkyl halides is 3. The maximum absolute atomic E-state index is 14.2. The highest BCUT2D eigenvalue weighted by atomic mass is 19.4. The Morgan fingerprint density at radius 3 is 2.40 bits per heavy atom. The summed E-state index contributed by atoms with van der Waals surface area (Å²) in [6.45, 7) is 0.112. The van der Waals surface area contributed by atoms with Crippen molar-refractivity contribution in [1.29, 1.82) is 0 Å². The quantitative estimate of drug-likeness (QED) is 0.220. The molecule has 5 heterocycles. The van der Waals surface area contributed by atoms with Crippen molar-refractivity contribution in [1.82, 2.24) is 48.8 Å². The number of hydrogen-bond donors (Lipinski definition) is 0. The molecule has 15 heteroatoms. The van der Waals surface area contributed by atoms with Gasteiger partial charge in [0.1, 0.15) is 29.7 Å². The number of nitrogens with zero attached hydrogens (tertiary/aromatic N) is 10. The lowest BCUT2D eigenvalue weighted by Crippen LogP contribution is -2.24. The van der Waals surface area contributed by atoms with E-state index < -0.39 is 11.9 Å². The largest absolute Gasteiger partial charge is 0.480 e. The summed E-state index contributed by atoms with van der Waals surface area (Å²) in [5.41, 5.74) is 2.10. The fraction of sp³-hybridized carbons (Fsp3) is 0.312. The third kappa shape index (κ3) is 5.20.